The van der Waals surface area contributed by atoms with E-state index in [1.165, 1.54) is 7.11 Å². The predicted molar refractivity (Wildman–Crippen MR) is 58.4 cm³/mol. The van der Waals surface area contributed by atoms with Crippen molar-refractivity contribution in [2.24, 2.45) is 17.8 Å². The van der Waals surface area contributed by atoms with Gasteiger partial charge in [-0.15, -0.1) is 6.58 Å². The zero-order valence-electron chi connectivity index (χ0n) is 9.42. The van der Waals surface area contributed by atoms with Crippen molar-refractivity contribution in [3.05, 3.63) is 24.8 Å². The lowest BCUT2D eigenvalue weighted by Gasteiger charge is -2.53. The number of fused-ring (bicyclic) bond motifs is 1. The number of hydrogen-bond donors (Lipinski definition) is 0. The quantitative estimate of drug-likeness (QED) is 0.507. The van der Waals surface area contributed by atoms with E-state index in [-0.39, 0.29) is 35.7 Å². The fourth-order valence-electron chi connectivity index (χ4n) is 2.72. The number of nitrogens with zero attached hydrogens (tertiary/aromatic N) is 1. The molecule has 16 heavy (non-hydrogen) atoms. The van der Waals surface area contributed by atoms with E-state index in [9.17, 15) is 9.59 Å². The van der Waals surface area contributed by atoms with Crippen molar-refractivity contribution in [3.63, 3.8) is 0 Å². The fourth-order valence-corrected chi connectivity index (χ4v) is 2.72. The maximum atomic E-state index is 11.6. The van der Waals surface area contributed by atoms with Gasteiger partial charge in [0.1, 0.15) is 0 Å². The number of carbonyl (C=O) groups excluding carboxylic acids is 2. The van der Waals surface area contributed by atoms with Crippen molar-refractivity contribution < 1.29 is 14.3 Å². The Morgan fingerprint density at radius 3 is 2.88 bits per heavy atom. The van der Waals surface area contributed by atoms with Gasteiger partial charge in [-0.3, -0.25) is 9.59 Å². The predicted octanol–water partition coefficient (Wildman–Crippen LogP) is 0.604. The molecule has 1 saturated carbocycles. The summed E-state index contributed by atoms with van der Waals surface area (Å²) in [5, 5.41) is 0. The zero-order valence-corrected chi connectivity index (χ0v) is 9.42. The van der Waals surface area contributed by atoms with Crippen LogP contribution >= 0.6 is 0 Å². The second-order valence-corrected chi connectivity index (χ2v) is 4.24. The van der Waals surface area contributed by atoms with Crippen molar-refractivity contribution in [2.45, 2.75) is 6.04 Å². The third-order valence-corrected chi connectivity index (χ3v) is 3.62. The van der Waals surface area contributed by atoms with Crippen molar-refractivity contribution in [3.8, 4) is 0 Å². The Bertz CT molecular complexity index is 374. The first kappa shape index (κ1) is 10.9. The molecule has 1 heterocycles. The van der Waals surface area contributed by atoms with Gasteiger partial charge in [-0.25, -0.2) is 0 Å². The molecule has 2 aliphatic rings. The standard InChI is InChI=1S/C12H15NO3/c1-4-7-8-5-6-9(14)13(2)11(8)10(7)12(15)16-3/h4-8,10-11H,1H2,2-3H3/t7-,8+,10+,11+/m1/s1. The Labute approximate surface area is 94.6 Å². The summed E-state index contributed by atoms with van der Waals surface area (Å²) in [5.41, 5.74) is 0. The molecule has 0 unspecified atom stereocenters. The highest BCUT2D eigenvalue weighted by atomic mass is 16.5. The molecular weight excluding hydrogens is 206 g/mol. The zero-order chi connectivity index (χ0) is 11.9. The van der Waals surface area contributed by atoms with Gasteiger partial charge in [0.2, 0.25) is 5.91 Å². The van der Waals surface area contributed by atoms with E-state index in [4.69, 9.17) is 4.74 Å². The van der Waals surface area contributed by atoms with Gasteiger partial charge >= 0.3 is 5.97 Å². The summed E-state index contributed by atoms with van der Waals surface area (Å²) in [6.07, 6.45) is 5.21. The smallest absolute Gasteiger partial charge is 0.311 e. The van der Waals surface area contributed by atoms with Gasteiger partial charge in [0.25, 0.3) is 0 Å². The first-order chi connectivity index (χ1) is 7.61. The number of methoxy groups -OCH3 is 1. The van der Waals surface area contributed by atoms with Crippen LogP contribution in [0.4, 0.5) is 0 Å². The lowest BCUT2D eigenvalue weighted by atomic mass is 9.59. The Morgan fingerprint density at radius 2 is 2.31 bits per heavy atom. The minimum absolute atomic E-state index is 0.0577. The fraction of sp³-hybridized carbons (Fsp3) is 0.500. The molecule has 0 N–H and O–H groups in total. The van der Waals surface area contributed by atoms with E-state index in [0.29, 0.717) is 0 Å². The molecule has 0 aromatic rings. The van der Waals surface area contributed by atoms with Crippen molar-refractivity contribution in [2.75, 3.05) is 14.2 Å². The van der Waals surface area contributed by atoms with E-state index < -0.39 is 0 Å². The normalized spacial score (nSPS) is 36.4. The molecule has 86 valence electrons. The van der Waals surface area contributed by atoms with Gasteiger partial charge in [0, 0.05) is 18.9 Å². The monoisotopic (exact) mass is 221 g/mol. The summed E-state index contributed by atoms with van der Waals surface area (Å²) in [7, 11) is 3.09. The Morgan fingerprint density at radius 1 is 1.62 bits per heavy atom. The molecule has 4 atom stereocenters. The van der Waals surface area contributed by atoms with Gasteiger partial charge in [0.05, 0.1) is 19.1 Å². The van der Waals surface area contributed by atoms with Crippen LogP contribution in [-0.2, 0) is 14.3 Å². The minimum Gasteiger partial charge on any atom is -0.469 e. The maximum absolute atomic E-state index is 11.6. The Kier molecular flexibility index (Phi) is 2.58. The number of carbonyl (C=O) groups is 2. The molecule has 2 rings (SSSR count). The number of likely N-dealkylation sites (N-methyl/N-ethyl adjacent to an activating group) is 1. The number of rotatable bonds is 2. The van der Waals surface area contributed by atoms with E-state index in [0.717, 1.165) is 0 Å². The first-order valence-corrected chi connectivity index (χ1v) is 5.27. The average molecular weight is 221 g/mol. The highest BCUT2D eigenvalue weighted by molar-refractivity contribution is 5.90. The van der Waals surface area contributed by atoms with Crippen LogP contribution in [0.5, 0.6) is 0 Å². The molecule has 4 nitrogen and oxygen atoms in total. The van der Waals surface area contributed by atoms with Crippen LogP contribution < -0.4 is 0 Å². The first-order valence-electron chi connectivity index (χ1n) is 5.27. The molecular formula is C12H15NO3. The van der Waals surface area contributed by atoms with E-state index in [1.807, 2.05) is 6.08 Å². The lowest BCUT2D eigenvalue weighted by molar-refractivity contribution is -0.162. The molecule has 0 radical (unpaired) electrons. The molecule has 0 aromatic heterocycles. The number of amides is 1. The number of ether oxygens (including phenoxy) is 1. The molecule has 1 aliphatic heterocycles. The topological polar surface area (TPSA) is 46.6 Å². The molecule has 0 spiro atoms. The molecule has 0 aromatic carbocycles. The molecule has 1 amide bonds. The van der Waals surface area contributed by atoms with E-state index in [2.05, 4.69) is 6.58 Å². The van der Waals surface area contributed by atoms with Crippen LogP contribution in [0.25, 0.3) is 0 Å². The van der Waals surface area contributed by atoms with Gasteiger partial charge in [0.15, 0.2) is 0 Å². The molecule has 0 saturated heterocycles. The van der Waals surface area contributed by atoms with Crippen LogP contribution in [0.15, 0.2) is 24.8 Å². The largest absolute Gasteiger partial charge is 0.469 e. The third kappa shape index (κ3) is 1.29. The van der Waals surface area contributed by atoms with Gasteiger partial charge in [-0.2, -0.15) is 0 Å². The van der Waals surface area contributed by atoms with Gasteiger partial charge in [-0.05, 0) is 6.08 Å². The van der Waals surface area contributed by atoms with Gasteiger partial charge in [-0.1, -0.05) is 12.2 Å². The van der Waals surface area contributed by atoms with Gasteiger partial charge < -0.3 is 9.64 Å². The lowest BCUT2D eigenvalue weighted by Crippen LogP contribution is -2.63. The van der Waals surface area contributed by atoms with E-state index in [1.54, 1.807) is 24.1 Å². The highest BCUT2D eigenvalue weighted by Gasteiger charge is 2.55. The van der Waals surface area contributed by atoms with Crippen molar-refractivity contribution in [1.82, 2.24) is 4.90 Å². The third-order valence-electron chi connectivity index (χ3n) is 3.62. The van der Waals surface area contributed by atoms with Crippen molar-refractivity contribution in [1.29, 1.82) is 0 Å². The van der Waals surface area contributed by atoms with Crippen LogP contribution in [0.3, 0.4) is 0 Å². The van der Waals surface area contributed by atoms with Crippen LogP contribution in [0.1, 0.15) is 0 Å². The molecule has 1 fully saturated rings. The second kappa shape index (κ2) is 3.77. The number of esters is 1. The maximum Gasteiger partial charge on any atom is 0.311 e. The Hall–Kier alpha value is -1.58. The second-order valence-electron chi connectivity index (χ2n) is 4.24. The van der Waals surface area contributed by atoms with Crippen molar-refractivity contribution >= 4 is 11.9 Å². The molecule has 0 bridgehead atoms. The summed E-state index contributed by atoms with van der Waals surface area (Å²) >= 11 is 0. The van der Waals surface area contributed by atoms with Crippen LogP contribution in [-0.4, -0.2) is 37.0 Å². The summed E-state index contributed by atoms with van der Waals surface area (Å²) in [5.74, 6) is -0.321. The Balaban J connectivity index is 2.28. The van der Waals surface area contributed by atoms with Crippen LogP contribution in [0.2, 0.25) is 0 Å². The van der Waals surface area contributed by atoms with Crippen LogP contribution in [0, 0.1) is 17.8 Å². The minimum atomic E-state index is -0.272. The molecule has 1 aliphatic carbocycles. The average Bonchev–Trinajstić information content (AvgIpc) is 2.25. The molecule has 4 heteroatoms. The SMILES string of the molecule is C=C[C@@H]1[C@@H]2C=CC(=O)N(C)[C@@H]2[C@H]1C(=O)OC. The highest BCUT2D eigenvalue weighted by Crippen LogP contribution is 2.47. The number of allylic oxidation sites excluding steroid dienone is 1. The summed E-state index contributed by atoms with van der Waals surface area (Å²) < 4.78 is 4.77. The summed E-state index contributed by atoms with van der Waals surface area (Å²) in [4.78, 5) is 24.8. The summed E-state index contributed by atoms with van der Waals surface area (Å²) in [6, 6.07) is -0.0760. The number of hydrogen-bond acceptors (Lipinski definition) is 3. The van der Waals surface area contributed by atoms with E-state index >= 15 is 0 Å². The summed E-state index contributed by atoms with van der Waals surface area (Å²) in [6.45, 7) is 3.74.